The van der Waals surface area contributed by atoms with Gasteiger partial charge < -0.3 is 50.1 Å². The first-order chi connectivity index (χ1) is 27.0. The Morgan fingerprint density at radius 1 is 0.966 bits per heavy atom. The first kappa shape index (κ1) is 48.5. The molecule has 0 aromatic rings. The molecular formula is C46H77NO11. The van der Waals surface area contributed by atoms with Gasteiger partial charge in [-0.1, -0.05) is 73.6 Å². The molecule has 0 spiro atoms. The first-order valence-corrected chi connectivity index (χ1v) is 22.1. The summed E-state index contributed by atoms with van der Waals surface area (Å²) in [5.74, 6) is -4.82. The van der Waals surface area contributed by atoms with Crippen LogP contribution in [0.4, 0.5) is 0 Å². The first-order valence-electron chi connectivity index (χ1n) is 22.1. The summed E-state index contributed by atoms with van der Waals surface area (Å²) < 4.78 is 12.5. The Balaban J connectivity index is 1.75. The van der Waals surface area contributed by atoms with Crippen molar-refractivity contribution in [3.05, 3.63) is 34.9 Å². The van der Waals surface area contributed by atoms with Crippen molar-refractivity contribution in [2.75, 3.05) is 6.54 Å². The number of carbonyl (C=O) groups is 2. The van der Waals surface area contributed by atoms with Crippen LogP contribution in [0.5, 0.6) is 0 Å². The topological polar surface area (TPSA) is 197 Å². The Hall–Kier alpha value is -2.16. The van der Waals surface area contributed by atoms with Crippen LogP contribution < -0.4 is 0 Å². The van der Waals surface area contributed by atoms with E-state index in [9.17, 15) is 45.3 Å². The molecule has 58 heavy (non-hydrogen) atoms. The summed E-state index contributed by atoms with van der Waals surface area (Å²) >= 11 is 0. The summed E-state index contributed by atoms with van der Waals surface area (Å²) in [6, 6.07) is -0.961. The molecule has 7 N–H and O–H groups in total. The summed E-state index contributed by atoms with van der Waals surface area (Å²) in [5, 5.41) is 78.4. The fourth-order valence-corrected chi connectivity index (χ4v) is 9.84. The lowest BCUT2D eigenvalue weighted by Crippen LogP contribution is -2.63. The number of aliphatic hydroxyl groups excluding tert-OH is 6. The van der Waals surface area contributed by atoms with Gasteiger partial charge in [0.25, 0.3) is 0 Å². The highest BCUT2D eigenvalue weighted by Gasteiger charge is 2.56. The van der Waals surface area contributed by atoms with Gasteiger partial charge >= 0.3 is 5.97 Å². The Bertz CT molecular complexity index is 1490. The number of hydrogen-bond acceptors (Lipinski definition) is 11. The van der Waals surface area contributed by atoms with Gasteiger partial charge in [-0.15, -0.1) is 0 Å². The van der Waals surface area contributed by atoms with E-state index in [2.05, 4.69) is 13.8 Å². The van der Waals surface area contributed by atoms with Crippen LogP contribution in [0.25, 0.3) is 0 Å². The van der Waals surface area contributed by atoms with Crippen LogP contribution in [0.15, 0.2) is 34.9 Å². The normalized spacial score (nSPS) is 42.2. The van der Waals surface area contributed by atoms with Gasteiger partial charge in [0.05, 0.1) is 49.1 Å². The summed E-state index contributed by atoms with van der Waals surface area (Å²) in [4.78, 5) is 30.2. The largest absolute Gasteiger partial charge is 0.456 e. The molecule has 16 unspecified atom stereocenters. The molecule has 12 nitrogen and oxygen atoms in total. The SMILES string of the molecule is CCC1=CCC2OC(=O)C3C(C2=CC(C)C(C)O)C(C)(C)CCN3C(=O)CC2(O)OC(CCC2C)CC(O)C(C)C(O)CC(O)CC(O)C(C)=CC(C)CC(C)C1O. The van der Waals surface area contributed by atoms with Gasteiger partial charge in [-0.05, 0) is 92.8 Å². The number of ether oxygens (including phenoxy) is 2. The number of allylic oxidation sites excluding steroid dienone is 1. The minimum Gasteiger partial charge on any atom is -0.456 e. The van der Waals surface area contributed by atoms with Gasteiger partial charge in [-0.25, -0.2) is 4.79 Å². The van der Waals surface area contributed by atoms with E-state index >= 15 is 0 Å². The van der Waals surface area contributed by atoms with Gasteiger partial charge in [-0.3, -0.25) is 4.79 Å². The lowest BCUT2D eigenvalue weighted by Gasteiger charge is -2.54. The predicted octanol–water partition coefficient (Wildman–Crippen LogP) is 4.95. The van der Waals surface area contributed by atoms with E-state index in [4.69, 9.17) is 9.47 Å². The van der Waals surface area contributed by atoms with Crippen molar-refractivity contribution in [2.45, 2.75) is 194 Å². The fraction of sp³-hybridized carbons (Fsp3) is 0.826. The summed E-state index contributed by atoms with van der Waals surface area (Å²) in [7, 11) is 0. The molecule has 6 bridgehead atoms. The highest BCUT2D eigenvalue weighted by molar-refractivity contribution is 5.87. The van der Waals surface area contributed by atoms with Crippen LogP contribution in [-0.2, 0) is 19.1 Å². The number of aliphatic hydroxyl groups is 7. The van der Waals surface area contributed by atoms with E-state index in [-0.39, 0.29) is 43.6 Å². The zero-order valence-corrected chi connectivity index (χ0v) is 36.9. The van der Waals surface area contributed by atoms with E-state index in [1.165, 1.54) is 4.90 Å². The van der Waals surface area contributed by atoms with Crippen LogP contribution in [0, 0.1) is 40.9 Å². The molecule has 0 saturated carbocycles. The highest BCUT2D eigenvalue weighted by atomic mass is 16.6. The standard InChI is InChI=1S/C46H77NO11/c1-11-32-13-15-39-35(20-26(3)31(8)48)41-42(44(55)57-39)47(17-16-45(41,9)10)40(53)24-46(56)29(6)12-14-34(58-46)23-38(52)30(7)37(51)22-33(49)21-36(50)27(4)18-25(2)19-28(5)43(32)54/h13,18,20,25-26,28-31,33-34,36-39,41-43,48-52,54,56H,11-12,14-17,19,21-24H2,1-10H3. The Labute approximate surface area is 347 Å². The molecule has 5 aliphatic rings. The molecule has 0 radical (unpaired) electrons. The molecule has 332 valence electrons. The van der Waals surface area contributed by atoms with Gasteiger partial charge in [0.1, 0.15) is 12.1 Å². The molecule has 3 fully saturated rings. The molecule has 3 saturated heterocycles. The highest BCUT2D eigenvalue weighted by Crippen LogP contribution is 2.50. The molecule has 5 rings (SSSR count). The Morgan fingerprint density at radius 2 is 1.62 bits per heavy atom. The minimum absolute atomic E-state index is 0.00693. The number of fused-ring (bicyclic) bond motifs is 16. The quantitative estimate of drug-likeness (QED) is 0.150. The van der Waals surface area contributed by atoms with Crippen molar-refractivity contribution >= 4 is 11.9 Å². The van der Waals surface area contributed by atoms with Crippen molar-refractivity contribution in [1.82, 2.24) is 4.90 Å². The van der Waals surface area contributed by atoms with E-state index in [1.807, 2.05) is 52.8 Å². The lowest BCUT2D eigenvalue weighted by atomic mass is 9.63. The lowest BCUT2D eigenvalue weighted by molar-refractivity contribution is -0.285. The summed E-state index contributed by atoms with van der Waals surface area (Å²) in [6.07, 6.45) is 1.80. The summed E-state index contributed by atoms with van der Waals surface area (Å²) in [6.45, 7) is 19.4. The molecule has 0 aromatic heterocycles. The van der Waals surface area contributed by atoms with Crippen molar-refractivity contribution < 1.29 is 54.8 Å². The molecule has 1 amide bonds. The van der Waals surface area contributed by atoms with Crippen molar-refractivity contribution in [1.29, 1.82) is 0 Å². The third kappa shape index (κ3) is 11.6. The number of carbonyl (C=O) groups excluding carboxylic acids is 2. The molecule has 12 heteroatoms. The smallest absolute Gasteiger partial charge is 0.330 e. The van der Waals surface area contributed by atoms with Gasteiger partial charge in [0.2, 0.25) is 5.91 Å². The van der Waals surface area contributed by atoms with Gasteiger partial charge in [0.15, 0.2) is 5.79 Å². The fourth-order valence-electron chi connectivity index (χ4n) is 9.84. The average Bonchev–Trinajstić information content (AvgIpc) is 3.13. The number of rotatable bonds is 3. The molecule has 0 aliphatic carbocycles. The second-order valence-electron chi connectivity index (χ2n) is 19.5. The number of esters is 1. The van der Waals surface area contributed by atoms with Gasteiger partial charge in [-0.2, -0.15) is 0 Å². The average molecular weight is 820 g/mol. The monoisotopic (exact) mass is 820 g/mol. The zero-order chi connectivity index (χ0) is 43.4. The predicted molar refractivity (Wildman–Crippen MR) is 222 cm³/mol. The molecule has 0 aromatic carbocycles. The molecule has 16 atom stereocenters. The van der Waals surface area contributed by atoms with E-state index in [1.54, 1.807) is 20.8 Å². The van der Waals surface area contributed by atoms with Crippen LogP contribution in [-0.4, -0.2) is 120 Å². The summed E-state index contributed by atoms with van der Waals surface area (Å²) in [5.41, 5.74) is 1.89. The molecule has 5 heterocycles. The maximum Gasteiger partial charge on any atom is 0.330 e. The van der Waals surface area contributed by atoms with Crippen molar-refractivity contribution in [3.8, 4) is 0 Å². The minimum atomic E-state index is -1.87. The van der Waals surface area contributed by atoms with Crippen molar-refractivity contribution in [3.63, 3.8) is 0 Å². The Kier molecular flexibility index (Phi) is 16.8. The number of hydrogen-bond donors (Lipinski definition) is 7. The maximum absolute atomic E-state index is 14.4. The molecular weight excluding hydrogens is 743 g/mol. The zero-order valence-electron chi connectivity index (χ0n) is 36.9. The maximum atomic E-state index is 14.4. The third-order valence-corrected chi connectivity index (χ3v) is 14.2. The molecule has 5 aliphatic heterocycles. The Morgan fingerprint density at radius 3 is 2.26 bits per heavy atom. The number of piperidine rings is 1. The van der Waals surface area contributed by atoms with E-state index < -0.39 is 102 Å². The van der Waals surface area contributed by atoms with E-state index in [0.717, 1.165) is 11.1 Å². The van der Waals surface area contributed by atoms with Crippen LogP contribution in [0.2, 0.25) is 0 Å². The number of nitrogens with zero attached hydrogens (tertiary/aromatic N) is 1. The second kappa shape index (κ2) is 20.1. The third-order valence-electron chi connectivity index (χ3n) is 14.2. The van der Waals surface area contributed by atoms with Crippen LogP contribution >= 0.6 is 0 Å². The second-order valence-corrected chi connectivity index (χ2v) is 19.5. The van der Waals surface area contributed by atoms with Crippen LogP contribution in [0.1, 0.15) is 133 Å². The van der Waals surface area contributed by atoms with Gasteiger partial charge in [0, 0.05) is 43.1 Å². The van der Waals surface area contributed by atoms with Crippen molar-refractivity contribution in [2.24, 2.45) is 40.9 Å². The van der Waals surface area contributed by atoms with E-state index in [0.29, 0.717) is 44.1 Å². The van der Waals surface area contributed by atoms with Crippen LogP contribution in [0.3, 0.4) is 0 Å². The number of amides is 1.